The van der Waals surface area contributed by atoms with Crippen molar-refractivity contribution in [2.75, 3.05) is 24.1 Å². The number of carbonyl (C=O) groups excluding carboxylic acids is 1. The van der Waals surface area contributed by atoms with Gasteiger partial charge in [-0.3, -0.25) is 9.69 Å². The van der Waals surface area contributed by atoms with Crippen molar-refractivity contribution in [3.05, 3.63) is 59.9 Å². The van der Waals surface area contributed by atoms with Crippen LogP contribution in [-0.4, -0.2) is 29.9 Å². The molecule has 1 fully saturated rings. The molecule has 132 valence electrons. The largest absolute Gasteiger partial charge is 0.399 e. The van der Waals surface area contributed by atoms with Gasteiger partial charge in [0.25, 0.3) is 0 Å². The summed E-state index contributed by atoms with van der Waals surface area (Å²) < 4.78 is 13.7. The second kappa shape index (κ2) is 7.66. The Labute approximate surface area is 147 Å². The van der Waals surface area contributed by atoms with Gasteiger partial charge in [-0.15, -0.1) is 0 Å². The number of nitrogen functional groups attached to an aromatic ring is 1. The lowest BCUT2D eigenvalue weighted by Gasteiger charge is -2.20. The summed E-state index contributed by atoms with van der Waals surface area (Å²) in [6, 6.07) is 15.1. The lowest BCUT2D eigenvalue weighted by Crippen LogP contribution is -2.30. The third-order valence-corrected chi connectivity index (χ3v) is 4.87. The van der Waals surface area contributed by atoms with Crippen LogP contribution in [-0.2, 0) is 4.79 Å². The first-order valence-electron chi connectivity index (χ1n) is 8.67. The van der Waals surface area contributed by atoms with Gasteiger partial charge in [0.1, 0.15) is 5.82 Å². The van der Waals surface area contributed by atoms with Gasteiger partial charge in [-0.2, -0.15) is 0 Å². The molecule has 2 aromatic carbocycles. The van der Waals surface area contributed by atoms with Crippen molar-refractivity contribution in [2.24, 2.45) is 0 Å². The molecule has 0 bridgehead atoms. The molecule has 0 radical (unpaired) electrons. The van der Waals surface area contributed by atoms with Crippen LogP contribution in [0.1, 0.15) is 31.2 Å². The molecule has 2 atom stereocenters. The van der Waals surface area contributed by atoms with Gasteiger partial charge in [0.2, 0.25) is 5.91 Å². The molecule has 1 amide bonds. The Kier molecular flexibility index (Phi) is 5.34. The molecular formula is C20H24FN3O. The van der Waals surface area contributed by atoms with Crippen molar-refractivity contribution < 1.29 is 9.18 Å². The first kappa shape index (κ1) is 17.4. The summed E-state index contributed by atoms with van der Waals surface area (Å²) in [5.41, 5.74) is 7.56. The van der Waals surface area contributed by atoms with Gasteiger partial charge in [-0.1, -0.05) is 30.3 Å². The third kappa shape index (κ3) is 4.37. The normalized spacial score (nSPS) is 20.6. The number of benzene rings is 2. The number of rotatable bonds is 5. The minimum atomic E-state index is -0.471. The van der Waals surface area contributed by atoms with E-state index in [4.69, 9.17) is 5.73 Å². The number of nitrogens with one attached hydrogen (secondary N) is 1. The monoisotopic (exact) mass is 341 g/mol. The number of likely N-dealkylation sites (tertiary alicyclic amines) is 1. The Balaban J connectivity index is 1.53. The highest BCUT2D eigenvalue weighted by atomic mass is 19.1. The Hall–Kier alpha value is -2.40. The predicted molar refractivity (Wildman–Crippen MR) is 98.9 cm³/mol. The molecule has 2 aromatic rings. The SMILES string of the molecule is C[C@H]1C[C@@H](c2ccccc2)CN1CCC(=O)Nc1cc(N)ccc1F. The standard InChI is InChI=1S/C20H24FN3O/c1-14-11-16(15-5-3-2-4-6-15)13-24(14)10-9-20(25)23-19-12-17(22)7-8-18(19)21/h2-8,12,14,16H,9-11,13,22H2,1H3,(H,23,25)/t14-,16+/m0/s1. The maximum atomic E-state index is 13.7. The van der Waals surface area contributed by atoms with Gasteiger partial charge in [-0.05, 0) is 43.0 Å². The minimum Gasteiger partial charge on any atom is -0.399 e. The van der Waals surface area contributed by atoms with Crippen molar-refractivity contribution in [3.63, 3.8) is 0 Å². The van der Waals surface area contributed by atoms with Crippen LogP contribution in [0.25, 0.3) is 0 Å². The first-order chi connectivity index (χ1) is 12.0. The number of hydrogen-bond acceptors (Lipinski definition) is 3. The minimum absolute atomic E-state index is 0.140. The van der Waals surface area contributed by atoms with E-state index >= 15 is 0 Å². The smallest absolute Gasteiger partial charge is 0.225 e. The van der Waals surface area contributed by atoms with Crippen molar-refractivity contribution in [1.29, 1.82) is 0 Å². The van der Waals surface area contributed by atoms with Crippen LogP contribution < -0.4 is 11.1 Å². The van der Waals surface area contributed by atoms with Crippen molar-refractivity contribution in [3.8, 4) is 0 Å². The molecule has 0 unspecified atom stereocenters. The summed E-state index contributed by atoms with van der Waals surface area (Å²) >= 11 is 0. The van der Waals surface area contributed by atoms with Crippen molar-refractivity contribution >= 4 is 17.3 Å². The van der Waals surface area contributed by atoms with Crippen LogP contribution in [0.15, 0.2) is 48.5 Å². The maximum Gasteiger partial charge on any atom is 0.225 e. The van der Waals surface area contributed by atoms with E-state index in [2.05, 4.69) is 41.4 Å². The van der Waals surface area contributed by atoms with E-state index < -0.39 is 5.82 Å². The summed E-state index contributed by atoms with van der Waals surface area (Å²) in [5.74, 6) is -0.160. The fourth-order valence-electron chi connectivity index (χ4n) is 3.47. The zero-order valence-corrected chi connectivity index (χ0v) is 14.4. The molecule has 3 rings (SSSR count). The number of nitrogens with zero attached hydrogens (tertiary/aromatic N) is 1. The quantitative estimate of drug-likeness (QED) is 0.817. The molecule has 4 nitrogen and oxygen atoms in total. The van der Waals surface area contributed by atoms with Crippen molar-refractivity contribution in [1.82, 2.24) is 4.90 Å². The van der Waals surface area contributed by atoms with Gasteiger partial charge in [-0.25, -0.2) is 4.39 Å². The molecule has 1 aliphatic heterocycles. The lowest BCUT2D eigenvalue weighted by molar-refractivity contribution is -0.116. The summed E-state index contributed by atoms with van der Waals surface area (Å²) in [6.07, 6.45) is 1.43. The third-order valence-electron chi connectivity index (χ3n) is 4.87. The van der Waals surface area contributed by atoms with Gasteiger partial charge in [0.05, 0.1) is 5.69 Å². The average molecular weight is 341 g/mol. The van der Waals surface area contributed by atoms with Gasteiger partial charge < -0.3 is 11.1 Å². The zero-order valence-electron chi connectivity index (χ0n) is 14.4. The number of carbonyl (C=O) groups is 1. The Morgan fingerprint density at radius 2 is 2.04 bits per heavy atom. The number of nitrogens with two attached hydrogens (primary N) is 1. The van der Waals surface area contributed by atoms with E-state index in [0.717, 1.165) is 13.0 Å². The highest BCUT2D eigenvalue weighted by molar-refractivity contribution is 5.91. The molecule has 0 aliphatic carbocycles. The fraction of sp³-hybridized carbons (Fsp3) is 0.350. The van der Waals surface area contributed by atoms with E-state index in [1.807, 2.05) is 6.07 Å². The Bertz CT molecular complexity index is 735. The Morgan fingerprint density at radius 1 is 1.28 bits per heavy atom. The lowest BCUT2D eigenvalue weighted by atomic mass is 9.97. The molecule has 0 spiro atoms. The molecule has 25 heavy (non-hydrogen) atoms. The molecular weight excluding hydrogens is 317 g/mol. The Morgan fingerprint density at radius 3 is 2.80 bits per heavy atom. The zero-order chi connectivity index (χ0) is 17.8. The van der Waals surface area contributed by atoms with E-state index in [-0.39, 0.29) is 11.6 Å². The molecule has 0 aromatic heterocycles. The highest BCUT2D eigenvalue weighted by Gasteiger charge is 2.29. The molecule has 1 aliphatic rings. The molecule has 1 heterocycles. The topological polar surface area (TPSA) is 58.4 Å². The van der Waals surface area contributed by atoms with Crippen LogP contribution >= 0.6 is 0 Å². The first-order valence-corrected chi connectivity index (χ1v) is 8.67. The van der Waals surface area contributed by atoms with Crippen LogP contribution in [0.5, 0.6) is 0 Å². The second-order valence-electron chi connectivity index (χ2n) is 6.72. The summed E-state index contributed by atoms with van der Waals surface area (Å²) in [4.78, 5) is 14.5. The van der Waals surface area contributed by atoms with E-state index in [0.29, 0.717) is 30.6 Å². The van der Waals surface area contributed by atoms with Crippen molar-refractivity contribution in [2.45, 2.75) is 31.7 Å². The summed E-state index contributed by atoms with van der Waals surface area (Å²) in [7, 11) is 0. The van der Waals surface area contributed by atoms with E-state index in [1.165, 1.54) is 23.8 Å². The maximum absolute atomic E-state index is 13.7. The number of halogens is 1. The van der Waals surface area contributed by atoms with E-state index in [9.17, 15) is 9.18 Å². The van der Waals surface area contributed by atoms with Gasteiger partial charge in [0, 0.05) is 31.2 Å². The summed E-state index contributed by atoms with van der Waals surface area (Å²) in [5, 5.41) is 2.61. The van der Waals surface area contributed by atoms with Crippen LogP contribution in [0.3, 0.4) is 0 Å². The average Bonchev–Trinajstić information content (AvgIpc) is 2.98. The molecule has 5 heteroatoms. The van der Waals surface area contributed by atoms with Crippen LogP contribution in [0, 0.1) is 5.82 Å². The number of amides is 1. The second-order valence-corrected chi connectivity index (χ2v) is 6.72. The van der Waals surface area contributed by atoms with Gasteiger partial charge >= 0.3 is 0 Å². The van der Waals surface area contributed by atoms with Gasteiger partial charge in [0.15, 0.2) is 0 Å². The number of hydrogen-bond donors (Lipinski definition) is 2. The van der Waals surface area contributed by atoms with Crippen LogP contribution in [0.2, 0.25) is 0 Å². The van der Waals surface area contributed by atoms with E-state index in [1.54, 1.807) is 0 Å². The predicted octanol–water partition coefficient (Wildman–Crippen LogP) is 3.61. The molecule has 0 saturated carbocycles. The molecule has 3 N–H and O–H groups in total. The van der Waals surface area contributed by atoms with Crippen LogP contribution in [0.4, 0.5) is 15.8 Å². The number of anilines is 2. The highest BCUT2D eigenvalue weighted by Crippen LogP contribution is 2.31. The molecule has 1 saturated heterocycles. The fourth-order valence-corrected chi connectivity index (χ4v) is 3.47. The summed E-state index contributed by atoms with van der Waals surface area (Å²) in [6.45, 7) is 3.81.